The Hall–Kier alpha value is -1.15. The summed E-state index contributed by atoms with van der Waals surface area (Å²) in [6, 6.07) is 3.28. The lowest BCUT2D eigenvalue weighted by Gasteiger charge is -2.12. The van der Waals surface area contributed by atoms with E-state index in [0.717, 1.165) is 5.56 Å². The molecule has 0 unspecified atom stereocenters. The number of hydrogen-bond donors (Lipinski definition) is 2. The van der Waals surface area contributed by atoms with Crippen molar-refractivity contribution in [1.29, 1.82) is 0 Å². The van der Waals surface area contributed by atoms with Crippen molar-refractivity contribution < 1.29 is 18.0 Å². The van der Waals surface area contributed by atoms with Gasteiger partial charge in [0.2, 0.25) is 10.0 Å². The second-order valence-electron chi connectivity index (χ2n) is 3.86. The van der Waals surface area contributed by atoms with Crippen LogP contribution in [0.1, 0.15) is 11.1 Å². The maximum Gasteiger partial charge on any atom is 0.240 e. The molecule has 1 aromatic rings. The number of sulfonamides is 1. The van der Waals surface area contributed by atoms with Gasteiger partial charge in [0.1, 0.15) is 5.75 Å². The summed E-state index contributed by atoms with van der Waals surface area (Å²) in [5.41, 5.74) is 1.39. The summed E-state index contributed by atoms with van der Waals surface area (Å²) in [5, 5.41) is 0. The molecule has 0 heterocycles. The molecule has 0 atom stereocenters. The van der Waals surface area contributed by atoms with Gasteiger partial charge in [-0.1, -0.05) is 0 Å². The highest BCUT2D eigenvalue weighted by atomic mass is 32.2. The standard InChI is InChI=1S/C11H18N2O4S/c1-8-7-11(9(2)6-10(8)16-3)18(14,15)13-4-5-17-12/h6-7,13H,4-5,12H2,1-3H3. The van der Waals surface area contributed by atoms with Crippen molar-refractivity contribution in [2.45, 2.75) is 18.7 Å². The van der Waals surface area contributed by atoms with Crippen LogP contribution < -0.4 is 15.4 Å². The Labute approximate surface area is 107 Å². The molecule has 6 nitrogen and oxygen atoms in total. The number of nitrogens with one attached hydrogen (secondary N) is 1. The van der Waals surface area contributed by atoms with Gasteiger partial charge >= 0.3 is 0 Å². The van der Waals surface area contributed by atoms with Gasteiger partial charge in [0, 0.05) is 6.54 Å². The third kappa shape index (κ3) is 3.42. The van der Waals surface area contributed by atoms with Crippen molar-refractivity contribution in [3.8, 4) is 5.75 Å². The Morgan fingerprint density at radius 1 is 1.28 bits per heavy atom. The molecule has 0 spiro atoms. The van der Waals surface area contributed by atoms with Crippen molar-refractivity contribution in [2.24, 2.45) is 5.90 Å². The van der Waals surface area contributed by atoms with E-state index in [1.54, 1.807) is 33.1 Å². The summed E-state index contributed by atoms with van der Waals surface area (Å²) in [6.45, 7) is 3.76. The van der Waals surface area contributed by atoms with Gasteiger partial charge in [-0.05, 0) is 37.1 Å². The van der Waals surface area contributed by atoms with Gasteiger partial charge in [0.25, 0.3) is 0 Å². The van der Waals surface area contributed by atoms with Crippen LogP contribution in [0.2, 0.25) is 0 Å². The third-order valence-electron chi connectivity index (χ3n) is 2.49. The van der Waals surface area contributed by atoms with E-state index in [0.29, 0.717) is 11.3 Å². The summed E-state index contributed by atoms with van der Waals surface area (Å²) >= 11 is 0. The van der Waals surface area contributed by atoms with Gasteiger partial charge in [-0.25, -0.2) is 19.0 Å². The van der Waals surface area contributed by atoms with E-state index in [4.69, 9.17) is 10.6 Å². The maximum atomic E-state index is 12.0. The minimum absolute atomic E-state index is 0.118. The molecule has 18 heavy (non-hydrogen) atoms. The molecule has 102 valence electrons. The fourth-order valence-electron chi connectivity index (χ4n) is 1.59. The lowest BCUT2D eigenvalue weighted by Crippen LogP contribution is -2.28. The zero-order chi connectivity index (χ0) is 13.8. The quantitative estimate of drug-likeness (QED) is 0.581. The molecule has 1 aromatic carbocycles. The molecule has 3 N–H and O–H groups in total. The van der Waals surface area contributed by atoms with Gasteiger partial charge < -0.3 is 9.57 Å². The summed E-state index contributed by atoms with van der Waals surface area (Å²) in [6.07, 6.45) is 0. The summed E-state index contributed by atoms with van der Waals surface area (Å²) < 4.78 is 31.6. The molecule has 0 bridgehead atoms. The molecule has 0 amide bonds. The predicted octanol–water partition coefficient (Wildman–Crippen LogP) is 0.481. The average Bonchev–Trinajstić information content (AvgIpc) is 2.31. The van der Waals surface area contributed by atoms with Crippen LogP contribution in [0.25, 0.3) is 0 Å². The monoisotopic (exact) mass is 274 g/mol. The van der Waals surface area contributed by atoms with E-state index < -0.39 is 10.0 Å². The summed E-state index contributed by atoms with van der Waals surface area (Å²) in [4.78, 5) is 4.55. The van der Waals surface area contributed by atoms with Crippen molar-refractivity contribution in [3.05, 3.63) is 23.3 Å². The molecular weight excluding hydrogens is 256 g/mol. The molecule has 0 saturated carbocycles. The van der Waals surface area contributed by atoms with Crippen LogP contribution in [0.4, 0.5) is 0 Å². The largest absolute Gasteiger partial charge is 0.496 e. The van der Waals surface area contributed by atoms with Crippen LogP contribution in [-0.4, -0.2) is 28.7 Å². The number of methoxy groups -OCH3 is 1. The van der Waals surface area contributed by atoms with E-state index in [1.165, 1.54) is 0 Å². The Bertz CT molecular complexity index is 514. The van der Waals surface area contributed by atoms with Crippen LogP contribution in [0.15, 0.2) is 17.0 Å². The Kier molecular flexibility index (Phi) is 5.09. The lowest BCUT2D eigenvalue weighted by molar-refractivity contribution is 0.143. The van der Waals surface area contributed by atoms with E-state index in [9.17, 15) is 8.42 Å². The first-order valence-corrected chi connectivity index (χ1v) is 6.87. The van der Waals surface area contributed by atoms with Crippen LogP contribution in [-0.2, 0) is 14.9 Å². The van der Waals surface area contributed by atoms with Crippen molar-refractivity contribution in [3.63, 3.8) is 0 Å². The number of rotatable bonds is 6. The highest BCUT2D eigenvalue weighted by molar-refractivity contribution is 7.89. The van der Waals surface area contributed by atoms with Crippen LogP contribution >= 0.6 is 0 Å². The van der Waals surface area contributed by atoms with Gasteiger partial charge in [-0.2, -0.15) is 0 Å². The first-order chi connectivity index (χ1) is 8.42. The molecule has 0 aromatic heterocycles. The Balaban J connectivity index is 3.05. The first-order valence-electron chi connectivity index (χ1n) is 5.39. The summed E-state index contributed by atoms with van der Waals surface area (Å²) in [5.74, 6) is 5.50. The zero-order valence-electron chi connectivity index (χ0n) is 10.7. The minimum atomic E-state index is -3.55. The van der Waals surface area contributed by atoms with Crippen LogP contribution in [0.5, 0.6) is 5.75 Å². The van der Waals surface area contributed by atoms with Gasteiger partial charge in [0.15, 0.2) is 0 Å². The molecule has 7 heteroatoms. The molecule has 0 aliphatic heterocycles. The van der Waals surface area contributed by atoms with Crippen molar-refractivity contribution >= 4 is 10.0 Å². The topological polar surface area (TPSA) is 90.7 Å². The van der Waals surface area contributed by atoms with E-state index >= 15 is 0 Å². The predicted molar refractivity (Wildman–Crippen MR) is 67.8 cm³/mol. The van der Waals surface area contributed by atoms with Gasteiger partial charge in [0.05, 0.1) is 18.6 Å². The highest BCUT2D eigenvalue weighted by Crippen LogP contribution is 2.25. The van der Waals surface area contributed by atoms with E-state index in [2.05, 4.69) is 9.56 Å². The fraction of sp³-hybridized carbons (Fsp3) is 0.455. The molecule has 0 aliphatic carbocycles. The Morgan fingerprint density at radius 2 is 1.94 bits per heavy atom. The highest BCUT2D eigenvalue weighted by Gasteiger charge is 2.18. The molecule has 0 aliphatic rings. The van der Waals surface area contributed by atoms with Gasteiger partial charge in [-0.15, -0.1) is 0 Å². The second-order valence-corrected chi connectivity index (χ2v) is 5.59. The molecule has 1 rings (SSSR count). The zero-order valence-corrected chi connectivity index (χ0v) is 11.5. The number of nitrogens with two attached hydrogens (primary N) is 1. The number of hydrogen-bond acceptors (Lipinski definition) is 5. The normalized spacial score (nSPS) is 11.6. The van der Waals surface area contributed by atoms with E-state index in [-0.39, 0.29) is 18.0 Å². The minimum Gasteiger partial charge on any atom is -0.496 e. The third-order valence-corrected chi connectivity index (χ3v) is 4.10. The van der Waals surface area contributed by atoms with Gasteiger partial charge in [-0.3, -0.25) is 0 Å². The fourth-order valence-corrected chi connectivity index (χ4v) is 2.91. The van der Waals surface area contributed by atoms with Crippen LogP contribution in [0.3, 0.4) is 0 Å². The van der Waals surface area contributed by atoms with Crippen molar-refractivity contribution in [2.75, 3.05) is 20.3 Å². The lowest BCUT2D eigenvalue weighted by atomic mass is 10.1. The van der Waals surface area contributed by atoms with E-state index in [1.807, 2.05) is 0 Å². The molecule has 0 radical (unpaired) electrons. The molecule has 0 saturated heterocycles. The number of benzene rings is 1. The maximum absolute atomic E-state index is 12.0. The molecular formula is C11H18N2O4S. The SMILES string of the molecule is COc1cc(C)c(S(=O)(=O)NCCON)cc1C. The van der Waals surface area contributed by atoms with Crippen molar-refractivity contribution in [1.82, 2.24) is 4.72 Å². The summed E-state index contributed by atoms with van der Waals surface area (Å²) in [7, 11) is -2.00. The second kappa shape index (κ2) is 6.14. The van der Waals surface area contributed by atoms with Crippen LogP contribution in [0, 0.1) is 13.8 Å². The Morgan fingerprint density at radius 3 is 2.50 bits per heavy atom. The average molecular weight is 274 g/mol. The first kappa shape index (κ1) is 14.9. The molecule has 0 fully saturated rings. The number of ether oxygens (including phenoxy) is 1. The smallest absolute Gasteiger partial charge is 0.240 e. The number of aryl methyl sites for hydroxylation is 2.